The van der Waals surface area contributed by atoms with Crippen LogP contribution in [0.15, 0.2) is 29.0 Å². The van der Waals surface area contributed by atoms with E-state index >= 15 is 0 Å². The van der Waals surface area contributed by atoms with Gasteiger partial charge < -0.3 is 9.15 Å². The van der Waals surface area contributed by atoms with Crippen molar-refractivity contribution in [2.45, 2.75) is 32.5 Å². The van der Waals surface area contributed by atoms with Gasteiger partial charge in [0.25, 0.3) is 0 Å². The fraction of sp³-hybridized carbons (Fsp3) is 0.533. The minimum absolute atomic E-state index is 0.339. The molecule has 0 spiro atoms. The van der Waals surface area contributed by atoms with E-state index in [1.165, 1.54) is 11.3 Å². The van der Waals surface area contributed by atoms with Crippen molar-refractivity contribution < 1.29 is 9.15 Å². The molecule has 5 heteroatoms. The van der Waals surface area contributed by atoms with E-state index in [0.29, 0.717) is 12.5 Å². The average molecular weight is 275 g/mol. The van der Waals surface area contributed by atoms with Crippen molar-refractivity contribution in [3.8, 4) is 0 Å². The fourth-order valence-electron chi connectivity index (χ4n) is 2.88. The number of furan rings is 1. The van der Waals surface area contributed by atoms with E-state index in [-0.39, 0.29) is 0 Å². The summed E-state index contributed by atoms with van der Waals surface area (Å²) in [4.78, 5) is 2.40. The first-order valence-electron chi connectivity index (χ1n) is 7.10. The maximum absolute atomic E-state index is 5.45. The maximum Gasteiger partial charge on any atom is 0.117 e. The number of rotatable bonds is 5. The molecule has 0 saturated carbocycles. The van der Waals surface area contributed by atoms with Gasteiger partial charge in [0, 0.05) is 44.4 Å². The van der Waals surface area contributed by atoms with Crippen molar-refractivity contribution in [3.05, 3.63) is 41.6 Å². The van der Waals surface area contributed by atoms with Crippen LogP contribution in [0.4, 0.5) is 0 Å². The molecule has 1 atom stereocenters. The Morgan fingerprint density at radius 1 is 1.50 bits per heavy atom. The molecule has 0 bridgehead atoms. The molecule has 0 N–H and O–H groups in total. The number of nitrogens with zero attached hydrogens (tertiary/aromatic N) is 3. The van der Waals surface area contributed by atoms with E-state index in [1.54, 1.807) is 13.4 Å². The van der Waals surface area contributed by atoms with E-state index in [2.05, 4.69) is 23.1 Å². The van der Waals surface area contributed by atoms with Crippen LogP contribution < -0.4 is 0 Å². The molecule has 0 aromatic carbocycles. The summed E-state index contributed by atoms with van der Waals surface area (Å²) in [6, 6.07) is 3.96. The molecule has 3 heterocycles. The fourth-order valence-corrected chi connectivity index (χ4v) is 2.88. The summed E-state index contributed by atoms with van der Waals surface area (Å²) in [6.07, 6.45) is 3.89. The Kier molecular flexibility index (Phi) is 3.89. The van der Waals surface area contributed by atoms with Crippen LogP contribution in [-0.2, 0) is 24.4 Å². The van der Waals surface area contributed by atoms with Gasteiger partial charge in [-0.2, -0.15) is 5.10 Å². The molecule has 0 saturated heterocycles. The molecule has 0 unspecified atom stereocenters. The topological polar surface area (TPSA) is 43.4 Å². The van der Waals surface area contributed by atoms with Gasteiger partial charge in [0.15, 0.2) is 0 Å². The number of ether oxygens (including phenoxy) is 1. The molecule has 20 heavy (non-hydrogen) atoms. The second-order valence-electron chi connectivity index (χ2n) is 5.30. The van der Waals surface area contributed by atoms with E-state index in [9.17, 15) is 0 Å². The van der Waals surface area contributed by atoms with Gasteiger partial charge in [-0.15, -0.1) is 0 Å². The number of methoxy groups -OCH3 is 1. The van der Waals surface area contributed by atoms with Gasteiger partial charge in [-0.05, 0) is 19.1 Å². The normalized spacial score (nSPS) is 19.2. The minimum Gasteiger partial charge on any atom is -0.468 e. The highest BCUT2D eigenvalue weighted by Crippen LogP contribution is 2.28. The van der Waals surface area contributed by atoms with Crippen LogP contribution in [0.1, 0.15) is 29.9 Å². The Morgan fingerprint density at radius 3 is 3.10 bits per heavy atom. The summed E-state index contributed by atoms with van der Waals surface area (Å²) in [6.45, 7) is 6.46. The molecule has 1 aliphatic heterocycles. The van der Waals surface area contributed by atoms with Gasteiger partial charge in [-0.25, -0.2) is 0 Å². The van der Waals surface area contributed by atoms with Crippen LogP contribution in [0.25, 0.3) is 0 Å². The molecule has 2 aromatic rings. The number of fused-ring (bicyclic) bond motifs is 1. The molecule has 0 aliphatic carbocycles. The Balaban J connectivity index is 1.80. The lowest BCUT2D eigenvalue weighted by Crippen LogP contribution is -2.34. The third-order valence-electron chi connectivity index (χ3n) is 3.78. The molecule has 0 radical (unpaired) electrons. The standard InChI is InChI=1S/C15H21N3O2/c1-3-18-9-12-7-17(10-14-5-4-6-20-14)8-13(11-19-2)15(12)16-18/h4-6,9,13H,3,7-8,10-11H2,1-2H3/t13-/m0/s1. The first kappa shape index (κ1) is 13.4. The summed E-state index contributed by atoms with van der Waals surface area (Å²) < 4.78 is 12.8. The number of hydrogen-bond acceptors (Lipinski definition) is 4. The summed E-state index contributed by atoms with van der Waals surface area (Å²) in [5, 5.41) is 4.69. The van der Waals surface area contributed by atoms with Crippen molar-refractivity contribution in [1.82, 2.24) is 14.7 Å². The molecule has 108 valence electrons. The van der Waals surface area contributed by atoms with E-state index < -0.39 is 0 Å². The van der Waals surface area contributed by atoms with Crippen LogP contribution in [0, 0.1) is 0 Å². The molecule has 0 fully saturated rings. The highest BCUT2D eigenvalue weighted by atomic mass is 16.5. The van der Waals surface area contributed by atoms with Crippen LogP contribution in [0.5, 0.6) is 0 Å². The van der Waals surface area contributed by atoms with Gasteiger partial charge >= 0.3 is 0 Å². The molecule has 2 aromatic heterocycles. The lowest BCUT2D eigenvalue weighted by Gasteiger charge is -2.30. The minimum atomic E-state index is 0.339. The zero-order valence-electron chi connectivity index (χ0n) is 12.1. The second kappa shape index (κ2) is 5.81. The monoisotopic (exact) mass is 275 g/mol. The van der Waals surface area contributed by atoms with Crippen molar-refractivity contribution >= 4 is 0 Å². The Labute approximate surface area is 119 Å². The summed E-state index contributed by atoms with van der Waals surface area (Å²) >= 11 is 0. The predicted molar refractivity (Wildman–Crippen MR) is 75.3 cm³/mol. The van der Waals surface area contributed by atoms with E-state index in [0.717, 1.165) is 31.9 Å². The van der Waals surface area contributed by atoms with Crippen LogP contribution in [0.2, 0.25) is 0 Å². The molecule has 1 aliphatic rings. The number of aryl methyl sites for hydroxylation is 1. The Morgan fingerprint density at radius 2 is 2.40 bits per heavy atom. The first-order valence-corrected chi connectivity index (χ1v) is 7.10. The highest BCUT2D eigenvalue weighted by Gasteiger charge is 2.28. The summed E-state index contributed by atoms with van der Waals surface area (Å²) in [5.41, 5.74) is 2.51. The van der Waals surface area contributed by atoms with Crippen molar-refractivity contribution in [3.63, 3.8) is 0 Å². The van der Waals surface area contributed by atoms with Crippen LogP contribution in [-0.4, -0.2) is 34.9 Å². The third kappa shape index (κ3) is 2.64. The SMILES string of the molecule is CCn1cc2c(n1)[C@H](COC)CN(Cc1ccco1)C2. The maximum atomic E-state index is 5.45. The quantitative estimate of drug-likeness (QED) is 0.839. The predicted octanol–water partition coefficient (Wildman–Crippen LogP) is 2.24. The van der Waals surface area contributed by atoms with Gasteiger partial charge in [0.05, 0.1) is 25.1 Å². The molecule has 5 nitrogen and oxygen atoms in total. The third-order valence-corrected chi connectivity index (χ3v) is 3.78. The largest absolute Gasteiger partial charge is 0.468 e. The van der Waals surface area contributed by atoms with Crippen molar-refractivity contribution in [1.29, 1.82) is 0 Å². The van der Waals surface area contributed by atoms with Gasteiger partial charge in [-0.1, -0.05) is 0 Å². The van der Waals surface area contributed by atoms with Gasteiger partial charge in [-0.3, -0.25) is 9.58 Å². The molecular formula is C15H21N3O2. The van der Waals surface area contributed by atoms with Gasteiger partial charge in [0.1, 0.15) is 5.76 Å². The zero-order chi connectivity index (χ0) is 13.9. The molecule has 3 rings (SSSR count). The Hall–Kier alpha value is -1.59. The van der Waals surface area contributed by atoms with E-state index in [4.69, 9.17) is 9.15 Å². The number of aromatic nitrogens is 2. The zero-order valence-corrected chi connectivity index (χ0v) is 12.1. The van der Waals surface area contributed by atoms with Crippen LogP contribution >= 0.6 is 0 Å². The van der Waals surface area contributed by atoms with Crippen molar-refractivity contribution in [2.75, 3.05) is 20.3 Å². The lowest BCUT2D eigenvalue weighted by molar-refractivity contribution is 0.130. The van der Waals surface area contributed by atoms with Crippen molar-refractivity contribution in [2.24, 2.45) is 0 Å². The number of hydrogen-bond donors (Lipinski definition) is 0. The Bertz CT molecular complexity index is 547. The lowest BCUT2D eigenvalue weighted by atomic mass is 9.97. The highest BCUT2D eigenvalue weighted by molar-refractivity contribution is 5.25. The van der Waals surface area contributed by atoms with Crippen LogP contribution in [0.3, 0.4) is 0 Å². The van der Waals surface area contributed by atoms with E-state index in [1.807, 2.05) is 16.8 Å². The van der Waals surface area contributed by atoms with Gasteiger partial charge in [0.2, 0.25) is 0 Å². The summed E-state index contributed by atoms with van der Waals surface area (Å²) in [7, 11) is 1.75. The average Bonchev–Trinajstić information content (AvgIpc) is 3.08. The first-order chi connectivity index (χ1) is 9.80. The summed E-state index contributed by atoms with van der Waals surface area (Å²) in [5.74, 6) is 1.35. The molecular weight excluding hydrogens is 254 g/mol. The second-order valence-corrected chi connectivity index (χ2v) is 5.30. The molecule has 0 amide bonds. The smallest absolute Gasteiger partial charge is 0.117 e.